The van der Waals surface area contributed by atoms with Crippen LogP contribution in [0.2, 0.25) is 0 Å². The van der Waals surface area contributed by atoms with Crippen LogP contribution in [-0.2, 0) is 0 Å². The van der Waals surface area contributed by atoms with Gasteiger partial charge in [-0.05, 0) is 0 Å². The first-order valence-corrected chi connectivity index (χ1v) is 52.5. The number of furan rings is 2. The Labute approximate surface area is 813 Å². The zero-order valence-electron chi connectivity index (χ0n) is 74.2. The predicted molar refractivity (Wildman–Crippen MR) is 590 cm³/mol. The fraction of sp³-hybridized carbons (Fsp3) is 0. The Hall–Kier alpha value is -16.2. The number of rotatable bonds is 12. The molecule has 0 N–H and O–H groups in total. The molecule has 9 aromatic heterocycles. The van der Waals surface area contributed by atoms with Gasteiger partial charge in [0.1, 0.15) is 0 Å². The van der Waals surface area contributed by atoms with E-state index in [-0.39, 0.29) is 0 Å². The summed E-state index contributed by atoms with van der Waals surface area (Å²) in [5.74, 6) is 0. The maximum atomic E-state index is 6.63. The van der Waals surface area contributed by atoms with E-state index < -0.39 is 0 Å². The van der Waals surface area contributed by atoms with Gasteiger partial charge in [0, 0.05) is 0 Å². The summed E-state index contributed by atoms with van der Waals surface area (Å²) in [6.07, 6.45) is 0. The molecule has 0 aliphatic heterocycles. The van der Waals surface area contributed by atoms with Crippen LogP contribution in [0.1, 0.15) is 0 Å². The normalized spacial score (nSPS) is 11.9. The van der Waals surface area contributed by atoms with Crippen molar-refractivity contribution in [1.82, 2.24) is 13.7 Å². The second kappa shape index (κ2) is 32.8. The van der Waals surface area contributed by atoms with Gasteiger partial charge in [-0.3, -0.25) is 0 Å². The molecule has 30 aromatic rings. The number of aromatic nitrogens is 3. The van der Waals surface area contributed by atoms with Gasteiger partial charge in [0.15, 0.2) is 0 Å². The van der Waals surface area contributed by atoms with Crippen molar-refractivity contribution in [3.8, 4) is 17.1 Å². The first-order chi connectivity index (χ1) is 68.4. The molecule has 0 unspecified atom stereocenters. The Bertz CT molecular complexity index is 10100. The number of anilines is 9. The Balaban J connectivity index is 0.000000102. The molecule has 648 valence electrons. The van der Waals surface area contributed by atoms with E-state index in [2.05, 4.69) is 483 Å². The molecule has 0 aliphatic rings. The Morgan fingerprint density at radius 2 is 0.486 bits per heavy atom. The number of benzene rings is 21. The number of nitrogens with zero attached hydrogens (tertiary/aromatic N) is 6. The van der Waals surface area contributed by atoms with Gasteiger partial charge < -0.3 is 0 Å². The summed E-state index contributed by atoms with van der Waals surface area (Å²) in [5, 5.41) is 22.7. The van der Waals surface area contributed by atoms with E-state index in [0.717, 1.165) is 95.1 Å². The molecule has 0 saturated carbocycles. The van der Waals surface area contributed by atoms with Crippen molar-refractivity contribution in [2.45, 2.75) is 0 Å². The molecule has 0 radical (unpaired) electrons. The summed E-state index contributed by atoms with van der Waals surface area (Å²) >= 11 is 2.83. The molecule has 138 heavy (non-hydrogen) atoms. The molecule has 0 fully saturated rings. The number of thiophene rings is 1. The smallest absolute Gasteiger partial charge is 0.0602 e. The first-order valence-electron chi connectivity index (χ1n) is 46.6. The SMILES string of the molecule is c1ccc(-n2c3ccccc3c3cc(N(c4ccc5[se]c6ccccc6c5c4)c4cccc5c4oc4ccccc45)ccc32)cc1.c1ccc(-n2c3ccccc3c3cc(N(c4ccc5[se]c6ccccc6c5c4)c4cccc5sc6ccccc6c45)ccc32)cc1.c1ccc(-n2c3ccccc3c3cc(N(c4ccc5c(c4)oc4ccccc45)c4ccc5[se]c6ccccc6c5c4)ccc32)cc1. The summed E-state index contributed by atoms with van der Waals surface area (Å²) in [7, 11) is 0. The summed E-state index contributed by atoms with van der Waals surface area (Å²) in [6, 6.07) is 172. The van der Waals surface area contributed by atoms with Crippen LogP contribution >= 0.6 is 11.3 Å². The van der Waals surface area contributed by atoms with Gasteiger partial charge in [-0.25, -0.2) is 0 Å². The van der Waals surface area contributed by atoms with Crippen LogP contribution in [0.15, 0.2) is 482 Å². The number of hydrogen-bond acceptors (Lipinski definition) is 6. The van der Waals surface area contributed by atoms with E-state index in [9.17, 15) is 0 Å². The second-order valence-electron chi connectivity index (χ2n) is 35.3. The zero-order valence-corrected chi connectivity index (χ0v) is 80.1. The molecule has 21 aromatic carbocycles. The molecule has 0 saturated heterocycles. The van der Waals surface area contributed by atoms with Gasteiger partial charge in [-0.1, -0.05) is 54.6 Å². The fourth-order valence-electron chi connectivity index (χ4n) is 21.4. The van der Waals surface area contributed by atoms with Crippen molar-refractivity contribution in [3.05, 3.63) is 473 Å². The van der Waals surface area contributed by atoms with Crippen LogP contribution in [-0.4, -0.2) is 57.2 Å². The molecule has 0 bridgehead atoms. The second-order valence-corrected chi connectivity index (χ2v) is 43.2. The van der Waals surface area contributed by atoms with Crippen molar-refractivity contribution in [3.63, 3.8) is 0 Å². The van der Waals surface area contributed by atoms with Gasteiger partial charge in [0.2, 0.25) is 0 Å². The third-order valence-electron chi connectivity index (χ3n) is 27.5. The maximum absolute atomic E-state index is 6.63. The van der Waals surface area contributed by atoms with Crippen LogP contribution < -0.4 is 14.7 Å². The van der Waals surface area contributed by atoms with Crippen LogP contribution in [0.25, 0.3) is 204 Å². The number of para-hydroxylation sites is 9. The molecule has 0 aliphatic carbocycles. The van der Waals surface area contributed by atoms with Crippen LogP contribution in [0.4, 0.5) is 51.2 Å². The number of fused-ring (bicyclic) bond motifs is 27. The van der Waals surface area contributed by atoms with Crippen molar-refractivity contribution >= 4 is 293 Å². The van der Waals surface area contributed by atoms with Gasteiger partial charge >= 0.3 is 766 Å². The minimum absolute atomic E-state index is 0.312. The third kappa shape index (κ3) is 13.2. The van der Waals surface area contributed by atoms with Gasteiger partial charge in [-0.2, -0.15) is 0 Å². The first kappa shape index (κ1) is 80.3. The van der Waals surface area contributed by atoms with Crippen LogP contribution in [0.5, 0.6) is 0 Å². The molecule has 0 amide bonds. The average molecular weight is 1980 g/mol. The van der Waals surface area contributed by atoms with Crippen molar-refractivity contribution in [2.75, 3.05) is 14.7 Å². The minimum Gasteiger partial charge on any atom is -0.0602 e. The average Bonchev–Trinajstić information content (AvgIpc) is 1.60. The summed E-state index contributed by atoms with van der Waals surface area (Å²) in [4.78, 5) is 7.26. The summed E-state index contributed by atoms with van der Waals surface area (Å²) in [5.41, 5.74) is 24.4. The van der Waals surface area contributed by atoms with E-state index in [0.29, 0.717) is 43.5 Å². The van der Waals surface area contributed by atoms with E-state index in [1.54, 1.807) is 0 Å². The van der Waals surface area contributed by atoms with Gasteiger partial charge in [-0.15, -0.1) is 0 Å². The molecule has 0 spiro atoms. The Kier molecular flexibility index (Phi) is 19.1. The summed E-state index contributed by atoms with van der Waals surface area (Å²) in [6.45, 7) is 0. The fourth-order valence-corrected chi connectivity index (χ4v) is 29.4. The molecular weight excluding hydrogens is 1900 g/mol. The molecular formula is C126H78N6O2SSe3. The van der Waals surface area contributed by atoms with Crippen LogP contribution in [0, 0.1) is 0 Å². The predicted octanol–water partition coefficient (Wildman–Crippen LogP) is 35.0. The monoisotopic (exact) mass is 1980 g/mol. The molecule has 0 atom stereocenters. The molecule has 9 heterocycles. The van der Waals surface area contributed by atoms with E-state index in [1.807, 2.05) is 29.5 Å². The molecule has 30 rings (SSSR count). The van der Waals surface area contributed by atoms with Gasteiger partial charge in [0.05, 0.1) is 0 Å². The third-order valence-corrected chi connectivity index (χ3v) is 35.9. The van der Waals surface area contributed by atoms with E-state index >= 15 is 0 Å². The van der Waals surface area contributed by atoms with E-state index in [1.165, 1.54) is 161 Å². The topological polar surface area (TPSA) is 50.8 Å². The van der Waals surface area contributed by atoms with Crippen molar-refractivity contribution in [1.29, 1.82) is 0 Å². The quantitative estimate of drug-likeness (QED) is 0.114. The standard InChI is InChI=1S/2C42H26N2OSe.C42H26N2SSe/c1-2-11-27(12-3-1)44-36-17-7-4-13-30(36)34-25-28(21-23-37(34)44)43(29-22-24-41-35(26-29)32-15-6-9-20-40(32)46-41)38-18-10-16-33-31-14-5-8-19-39(31)45-42(33)38;1-2-10-27(11-3-1)44-37-15-7-4-12-31(37)35-24-28(19-22-38(35)44)43(29-20-23-42-36(25-29)34-14-6-9-17-41(34)46-42)30-18-21-33-32-13-5-8-16-39(32)45-40(33)26-30;1-2-11-27(12-3-1)44-35-16-7-4-13-30(35)33-25-28(21-23-36(33)44)43(29-22-24-41-34(26-29)31-14-6-9-20-40(31)46-41)37-17-10-19-39-42(37)32-15-5-8-18-38(32)45-39/h3*1-26H. The molecule has 8 nitrogen and oxygen atoms in total. The minimum atomic E-state index is 0.312. The zero-order chi connectivity index (χ0) is 90.6. The molecule has 12 heteroatoms. The van der Waals surface area contributed by atoms with Gasteiger partial charge in [0.25, 0.3) is 0 Å². The summed E-state index contributed by atoms with van der Waals surface area (Å²) < 4.78 is 31.5. The van der Waals surface area contributed by atoms with Crippen molar-refractivity contribution in [2.24, 2.45) is 0 Å². The van der Waals surface area contributed by atoms with Crippen molar-refractivity contribution < 1.29 is 8.83 Å². The van der Waals surface area contributed by atoms with Crippen LogP contribution in [0.3, 0.4) is 0 Å². The van der Waals surface area contributed by atoms with E-state index in [4.69, 9.17) is 8.83 Å². The Morgan fingerprint density at radius 1 is 0.181 bits per heavy atom. The Morgan fingerprint density at radius 3 is 0.957 bits per heavy atom. The number of hydrogen-bond donors (Lipinski definition) is 0.